The van der Waals surface area contributed by atoms with Crippen LogP contribution in [0.25, 0.3) is 11.1 Å². The van der Waals surface area contributed by atoms with Gasteiger partial charge < -0.3 is 9.80 Å². The molecule has 0 spiro atoms. The SMILES string of the molecule is CC1=Nc2ccc(-c3cc(C)c(C)cc3F)cc2C(=O)N2CCN(C(=O)CC(C)(C)C)CC12. The average Bonchev–Trinajstić information content (AvgIpc) is 2.84. The van der Waals surface area contributed by atoms with Gasteiger partial charge in [0.25, 0.3) is 5.91 Å². The number of halogens is 1. The first kappa shape index (κ1) is 23.1. The van der Waals surface area contributed by atoms with Gasteiger partial charge in [0, 0.05) is 37.3 Å². The third-order valence-corrected chi connectivity index (χ3v) is 6.58. The van der Waals surface area contributed by atoms with Gasteiger partial charge in [-0.2, -0.15) is 0 Å². The summed E-state index contributed by atoms with van der Waals surface area (Å²) < 4.78 is 14.7. The minimum absolute atomic E-state index is 0.0904. The normalized spacial score (nSPS) is 18.5. The van der Waals surface area contributed by atoms with Crippen LogP contribution in [0.4, 0.5) is 10.1 Å². The minimum atomic E-state index is -0.303. The Bertz CT molecular complexity index is 1160. The molecule has 2 amide bonds. The predicted molar refractivity (Wildman–Crippen MR) is 130 cm³/mol. The molecule has 5 nitrogen and oxygen atoms in total. The van der Waals surface area contributed by atoms with Crippen LogP contribution in [0, 0.1) is 25.1 Å². The standard InChI is InChI=1S/C27H32FN3O2/c1-16-11-20(22(28)12-17(16)2)19-7-8-23-21(13-19)26(33)31-10-9-30(15-24(31)18(3)29-23)25(32)14-27(4,5)6/h7-8,11-13,24H,9-10,14-15H2,1-6H3. The maximum absolute atomic E-state index is 14.7. The predicted octanol–water partition coefficient (Wildman–Crippen LogP) is 5.30. The Balaban J connectivity index is 1.66. The van der Waals surface area contributed by atoms with Crippen molar-refractivity contribution in [1.29, 1.82) is 0 Å². The summed E-state index contributed by atoms with van der Waals surface area (Å²) in [7, 11) is 0. The number of hydrogen-bond acceptors (Lipinski definition) is 3. The van der Waals surface area contributed by atoms with E-state index in [1.807, 2.05) is 42.7 Å². The van der Waals surface area contributed by atoms with Gasteiger partial charge in [0.05, 0.1) is 17.3 Å². The van der Waals surface area contributed by atoms with E-state index in [4.69, 9.17) is 4.99 Å². The summed E-state index contributed by atoms with van der Waals surface area (Å²) in [5.74, 6) is -0.316. The Kier molecular flexibility index (Phi) is 5.89. The van der Waals surface area contributed by atoms with E-state index in [-0.39, 0.29) is 29.1 Å². The first-order chi connectivity index (χ1) is 15.4. The highest BCUT2D eigenvalue weighted by Crippen LogP contribution is 2.34. The molecule has 0 aromatic heterocycles. The molecular weight excluding hydrogens is 417 g/mol. The highest BCUT2D eigenvalue weighted by molar-refractivity contribution is 6.07. The van der Waals surface area contributed by atoms with Gasteiger partial charge in [0.1, 0.15) is 5.82 Å². The van der Waals surface area contributed by atoms with Gasteiger partial charge in [-0.15, -0.1) is 0 Å². The summed E-state index contributed by atoms with van der Waals surface area (Å²) in [6.07, 6.45) is 0.467. The maximum atomic E-state index is 14.7. The minimum Gasteiger partial charge on any atom is -0.338 e. The Morgan fingerprint density at radius 1 is 1.06 bits per heavy atom. The molecule has 33 heavy (non-hydrogen) atoms. The van der Waals surface area contributed by atoms with Crippen molar-refractivity contribution in [2.75, 3.05) is 19.6 Å². The van der Waals surface area contributed by atoms with Crippen LogP contribution in [0.5, 0.6) is 0 Å². The lowest BCUT2D eigenvalue weighted by Crippen LogP contribution is -2.58. The van der Waals surface area contributed by atoms with Crippen molar-refractivity contribution in [2.24, 2.45) is 10.4 Å². The Labute approximate surface area is 195 Å². The molecule has 1 saturated heterocycles. The summed E-state index contributed by atoms with van der Waals surface area (Å²) in [5, 5.41) is 0. The Hall–Kier alpha value is -3.02. The lowest BCUT2D eigenvalue weighted by Gasteiger charge is -2.41. The molecule has 1 unspecified atom stereocenters. The fraction of sp³-hybridized carbons (Fsp3) is 0.444. The number of rotatable bonds is 2. The fourth-order valence-electron chi connectivity index (χ4n) is 4.57. The summed E-state index contributed by atoms with van der Waals surface area (Å²) in [5.41, 5.74) is 4.81. The molecule has 0 N–H and O–H groups in total. The molecule has 6 heteroatoms. The number of amides is 2. The zero-order valence-corrected chi connectivity index (χ0v) is 20.3. The monoisotopic (exact) mass is 449 g/mol. The van der Waals surface area contributed by atoms with E-state index in [9.17, 15) is 14.0 Å². The van der Waals surface area contributed by atoms with Crippen molar-refractivity contribution in [1.82, 2.24) is 9.80 Å². The second kappa shape index (κ2) is 8.40. The fourth-order valence-corrected chi connectivity index (χ4v) is 4.57. The van der Waals surface area contributed by atoms with Gasteiger partial charge in [-0.3, -0.25) is 14.6 Å². The third-order valence-electron chi connectivity index (χ3n) is 6.58. The smallest absolute Gasteiger partial charge is 0.256 e. The van der Waals surface area contributed by atoms with Gasteiger partial charge in [-0.25, -0.2) is 4.39 Å². The van der Waals surface area contributed by atoms with Crippen molar-refractivity contribution in [3.05, 3.63) is 52.8 Å². The number of aliphatic imine (C=N–C) groups is 1. The number of hydrogen-bond donors (Lipinski definition) is 0. The van der Waals surface area contributed by atoms with E-state index in [0.29, 0.717) is 48.4 Å². The van der Waals surface area contributed by atoms with Crippen molar-refractivity contribution < 1.29 is 14.0 Å². The molecule has 1 atom stereocenters. The number of fused-ring (bicyclic) bond motifs is 2. The largest absolute Gasteiger partial charge is 0.338 e. The van der Waals surface area contributed by atoms with Crippen LogP contribution in [0.3, 0.4) is 0 Å². The van der Waals surface area contributed by atoms with Crippen molar-refractivity contribution in [2.45, 2.75) is 54.0 Å². The number of nitrogens with zero attached hydrogens (tertiary/aromatic N) is 3. The van der Waals surface area contributed by atoms with Crippen LogP contribution >= 0.6 is 0 Å². The van der Waals surface area contributed by atoms with Crippen molar-refractivity contribution >= 4 is 23.2 Å². The van der Waals surface area contributed by atoms with Crippen LogP contribution in [0.15, 0.2) is 35.3 Å². The zero-order chi connectivity index (χ0) is 24.1. The molecule has 2 heterocycles. The number of carbonyl (C=O) groups is 2. The van der Waals surface area contributed by atoms with E-state index in [1.165, 1.54) is 6.07 Å². The van der Waals surface area contributed by atoms with E-state index in [2.05, 4.69) is 20.8 Å². The molecule has 2 aromatic carbocycles. The molecule has 2 aromatic rings. The second-order valence-corrected chi connectivity index (χ2v) is 10.5. The van der Waals surface area contributed by atoms with Gasteiger partial charge in [-0.1, -0.05) is 26.8 Å². The van der Waals surface area contributed by atoms with Crippen molar-refractivity contribution in [3.8, 4) is 11.1 Å². The maximum Gasteiger partial charge on any atom is 0.256 e. The quantitative estimate of drug-likeness (QED) is 0.624. The second-order valence-electron chi connectivity index (χ2n) is 10.5. The van der Waals surface area contributed by atoms with Crippen LogP contribution in [0.1, 0.15) is 55.6 Å². The number of piperazine rings is 1. The van der Waals surface area contributed by atoms with Gasteiger partial charge in [0.15, 0.2) is 0 Å². The van der Waals surface area contributed by atoms with Crippen LogP contribution < -0.4 is 0 Å². The van der Waals surface area contributed by atoms with Crippen LogP contribution in [0.2, 0.25) is 0 Å². The molecular formula is C27H32FN3O2. The molecule has 4 rings (SSSR count). The molecule has 0 saturated carbocycles. The summed E-state index contributed by atoms with van der Waals surface area (Å²) in [6, 6.07) is 8.46. The van der Waals surface area contributed by atoms with Crippen LogP contribution in [-0.4, -0.2) is 53.0 Å². The lowest BCUT2D eigenvalue weighted by molar-refractivity contribution is -0.135. The summed E-state index contributed by atoms with van der Waals surface area (Å²) in [4.78, 5) is 34.8. The number of benzene rings is 2. The lowest BCUT2D eigenvalue weighted by atomic mass is 9.91. The molecule has 1 fully saturated rings. The van der Waals surface area contributed by atoms with E-state index < -0.39 is 0 Å². The first-order valence-corrected chi connectivity index (χ1v) is 11.5. The Morgan fingerprint density at radius 3 is 2.45 bits per heavy atom. The van der Waals surface area contributed by atoms with E-state index in [1.54, 1.807) is 12.1 Å². The Morgan fingerprint density at radius 2 is 1.76 bits per heavy atom. The highest BCUT2D eigenvalue weighted by Gasteiger charge is 2.37. The molecule has 0 radical (unpaired) electrons. The topological polar surface area (TPSA) is 53.0 Å². The van der Waals surface area contributed by atoms with E-state index in [0.717, 1.165) is 16.8 Å². The van der Waals surface area contributed by atoms with Crippen LogP contribution in [-0.2, 0) is 4.79 Å². The highest BCUT2D eigenvalue weighted by atomic mass is 19.1. The first-order valence-electron chi connectivity index (χ1n) is 11.5. The number of aryl methyl sites for hydroxylation is 2. The van der Waals surface area contributed by atoms with Gasteiger partial charge in [0.2, 0.25) is 5.91 Å². The summed E-state index contributed by atoms with van der Waals surface area (Å²) >= 11 is 0. The molecule has 2 aliphatic heterocycles. The van der Waals surface area contributed by atoms with Gasteiger partial charge in [-0.05, 0) is 67.1 Å². The number of carbonyl (C=O) groups excluding carboxylic acids is 2. The molecule has 0 bridgehead atoms. The average molecular weight is 450 g/mol. The van der Waals surface area contributed by atoms with Gasteiger partial charge >= 0.3 is 0 Å². The summed E-state index contributed by atoms with van der Waals surface area (Å²) in [6.45, 7) is 13.3. The van der Waals surface area contributed by atoms with E-state index >= 15 is 0 Å². The molecule has 174 valence electrons. The van der Waals surface area contributed by atoms with Crippen molar-refractivity contribution in [3.63, 3.8) is 0 Å². The molecule has 0 aliphatic carbocycles. The zero-order valence-electron chi connectivity index (χ0n) is 20.3. The third kappa shape index (κ3) is 4.56. The molecule has 2 aliphatic rings.